The highest BCUT2D eigenvalue weighted by molar-refractivity contribution is 7.92. The Bertz CT molecular complexity index is 1520. The maximum Gasteiger partial charge on any atom is 0.417 e. The normalized spacial score (nSPS) is 12.5. The van der Waals surface area contributed by atoms with E-state index in [2.05, 4.69) is 5.32 Å². The zero-order valence-corrected chi connectivity index (χ0v) is 25.6. The number of nitrogens with one attached hydrogen (secondary N) is 1. The summed E-state index contributed by atoms with van der Waals surface area (Å²) in [6, 6.07) is 15.1. The third-order valence-electron chi connectivity index (χ3n) is 6.48. The van der Waals surface area contributed by atoms with E-state index in [1.54, 1.807) is 51.1 Å². The van der Waals surface area contributed by atoms with Gasteiger partial charge in [0, 0.05) is 12.6 Å². The first-order valence-corrected chi connectivity index (χ1v) is 15.2. The van der Waals surface area contributed by atoms with E-state index in [0.717, 1.165) is 12.1 Å². The molecule has 2 amide bonds. The summed E-state index contributed by atoms with van der Waals surface area (Å²) in [5.41, 5.74) is -1.06. The van der Waals surface area contributed by atoms with Gasteiger partial charge in [-0.1, -0.05) is 48.9 Å². The minimum absolute atomic E-state index is 0.0828. The van der Waals surface area contributed by atoms with Crippen molar-refractivity contribution in [1.82, 2.24) is 10.2 Å². The molecule has 0 spiro atoms. The Balaban J connectivity index is 2.13. The van der Waals surface area contributed by atoms with Gasteiger partial charge in [0.05, 0.1) is 28.3 Å². The topological polar surface area (TPSA) is 96.0 Å². The molecule has 1 unspecified atom stereocenters. The van der Waals surface area contributed by atoms with E-state index >= 15 is 0 Å². The van der Waals surface area contributed by atoms with Crippen molar-refractivity contribution in [3.05, 3.63) is 88.9 Å². The van der Waals surface area contributed by atoms with E-state index in [1.165, 1.54) is 36.3 Å². The second-order valence-electron chi connectivity index (χ2n) is 9.94. The van der Waals surface area contributed by atoms with Gasteiger partial charge in [-0.15, -0.1) is 0 Å². The van der Waals surface area contributed by atoms with Crippen LogP contribution in [0.3, 0.4) is 0 Å². The van der Waals surface area contributed by atoms with Crippen LogP contribution in [0.25, 0.3) is 0 Å². The standard InChI is InChI=1S/C30H33ClF3N3O5S/c1-5-27(29(39)35-20(2)3)36(18-21-11-14-23(42-4)15-12-21)28(38)19-37(43(40,41)24-9-7-6-8-10-24)22-13-16-26(31)25(17-22)30(32,33)34/h6-17,20,27H,5,18-19H2,1-4H3,(H,35,39). The Hall–Kier alpha value is -3.77. The molecule has 0 saturated heterocycles. The number of hydrogen-bond acceptors (Lipinski definition) is 5. The molecule has 3 aromatic carbocycles. The predicted molar refractivity (Wildman–Crippen MR) is 158 cm³/mol. The monoisotopic (exact) mass is 639 g/mol. The number of methoxy groups -OCH3 is 1. The van der Waals surface area contributed by atoms with E-state index in [-0.39, 0.29) is 23.9 Å². The van der Waals surface area contributed by atoms with Gasteiger partial charge >= 0.3 is 6.18 Å². The fourth-order valence-electron chi connectivity index (χ4n) is 4.36. The Kier molecular flexibility index (Phi) is 11.1. The van der Waals surface area contributed by atoms with Crippen LogP contribution in [-0.2, 0) is 32.3 Å². The number of halogens is 4. The van der Waals surface area contributed by atoms with Gasteiger partial charge in [-0.25, -0.2) is 8.42 Å². The minimum atomic E-state index is -4.89. The number of benzene rings is 3. The molecule has 13 heteroatoms. The van der Waals surface area contributed by atoms with Gasteiger partial charge in [-0.05, 0) is 68.3 Å². The van der Waals surface area contributed by atoms with Crippen LogP contribution >= 0.6 is 11.6 Å². The maximum absolute atomic E-state index is 14.0. The minimum Gasteiger partial charge on any atom is -0.497 e. The van der Waals surface area contributed by atoms with Crippen LogP contribution in [0, 0.1) is 0 Å². The van der Waals surface area contributed by atoms with Gasteiger partial charge in [-0.2, -0.15) is 13.2 Å². The lowest BCUT2D eigenvalue weighted by atomic mass is 10.1. The van der Waals surface area contributed by atoms with Crippen LogP contribution in [0.4, 0.5) is 18.9 Å². The molecule has 0 radical (unpaired) electrons. The fourth-order valence-corrected chi connectivity index (χ4v) is 6.01. The van der Waals surface area contributed by atoms with E-state index < -0.39 is 56.9 Å². The Labute approximate surface area is 254 Å². The number of alkyl halides is 3. The van der Waals surface area contributed by atoms with Crippen molar-refractivity contribution in [2.75, 3.05) is 18.0 Å². The van der Waals surface area contributed by atoms with E-state index in [9.17, 15) is 31.2 Å². The van der Waals surface area contributed by atoms with Crippen LogP contribution in [-0.4, -0.2) is 50.9 Å². The summed E-state index contributed by atoms with van der Waals surface area (Å²) in [7, 11) is -3.06. The van der Waals surface area contributed by atoms with Gasteiger partial charge in [0.25, 0.3) is 10.0 Å². The molecule has 3 rings (SSSR count). The summed E-state index contributed by atoms with van der Waals surface area (Å²) in [4.78, 5) is 28.2. The smallest absolute Gasteiger partial charge is 0.417 e. The number of rotatable bonds is 12. The highest BCUT2D eigenvalue weighted by atomic mass is 35.5. The number of amides is 2. The van der Waals surface area contributed by atoms with Crippen molar-refractivity contribution in [2.45, 2.75) is 56.9 Å². The van der Waals surface area contributed by atoms with Crippen LogP contribution in [0.5, 0.6) is 5.75 Å². The Morgan fingerprint density at radius 2 is 1.63 bits per heavy atom. The van der Waals surface area contributed by atoms with Crippen LogP contribution in [0.15, 0.2) is 77.7 Å². The number of anilines is 1. The summed E-state index contributed by atoms with van der Waals surface area (Å²) in [5.74, 6) is -0.693. The van der Waals surface area contributed by atoms with E-state index in [0.29, 0.717) is 21.7 Å². The van der Waals surface area contributed by atoms with Crippen molar-refractivity contribution in [2.24, 2.45) is 0 Å². The molecule has 1 atom stereocenters. The number of hydrogen-bond donors (Lipinski definition) is 1. The van der Waals surface area contributed by atoms with Crippen LogP contribution in [0.2, 0.25) is 5.02 Å². The number of nitrogens with zero attached hydrogens (tertiary/aromatic N) is 2. The first kappa shape index (κ1) is 33.7. The fraction of sp³-hybridized carbons (Fsp3) is 0.333. The summed E-state index contributed by atoms with van der Waals surface area (Å²) >= 11 is 5.81. The molecule has 0 aliphatic carbocycles. The molecule has 1 N–H and O–H groups in total. The van der Waals surface area contributed by atoms with Gasteiger partial charge in [0.1, 0.15) is 18.3 Å². The van der Waals surface area contributed by atoms with Gasteiger partial charge in [0.2, 0.25) is 11.8 Å². The summed E-state index contributed by atoms with van der Waals surface area (Å²) in [6.45, 7) is 4.24. The quantitative estimate of drug-likeness (QED) is 0.267. The van der Waals surface area contributed by atoms with Crippen molar-refractivity contribution < 1.29 is 35.9 Å². The molecule has 8 nitrogen and oxygen atoms in total. The predicted octanol–water partition coefficient (Wildman–Crippen LogP) is 5.89. The molecule has 43 heavy (non-hydrogen) atoms. The van der Waals surface area contributed by atoms with Crippen molar-refractivity contribution in [1.29, 1.82) is 0 Å². The molecule has 0 fully saturated rings. The number of carbonyl (C=O) groups excluding carboxylic acids is 2. The second kappa shape index (κ2) is 14.1. The second-order valence-corrected chi connectivity index (χ2v) is 12.2. The summed E-state index contributed by atoms with van der Waals surface area (Å²) < 4.78 is 74.7. The molecule has 0 heterocycles. The Morgan fingerprint density at radius 3 is 2.16 bits per heavy atom. The van der Waals surface area contributed by atoms with Crippen molar-refractivity contribution in [3.63, 3.8) is 0 Å². The molecular formula is C30H33ClF3N3O5S. The van der Waals surface area contributed by atoms with Gasteiger partial charge in [-0.3, -0.25) is 13.9 Å². The lowest BCUT2D eigenvalue weighted by Gasteiger charge is -2.33. The highest BCUT2D eigenvalue weighted by Crippen LogP contribution is 2.38. The molecular weight excluding hydrogens is 607 g/mol. The van der Waals surface area contributed by atoms with Crippen LogP contribution in [0.1, 0.15) is 38.3 Å². The molecule has 3 aromatic rings. The first-order valence-electron chi connectivity index (χ1n) is 13.4. The zero-order valence-electron chi connectivity index (χ0n) is 24.1. The Morgan fingerprint density at radius 1 is 1.00 bits per heavy atom. The molecule has 0 aromatic heterocycles. The molecule has 0 saturated carbocycles. The SMILES string of the molecule is CCC(C(=O)NC(C)C)N(Cc1ccc(OC)cc1)C(=O)CN(c1ccc(Cl)c(C(F)(F)F)c1)S(=O)(=O)c1ccccc1. The molecule has 232 valence electrons. The largest absolute Gasteiger partial charge is 0.497 e. The van der Waals surface area contributed by atoms with Gasteiger partial charge < -0.3 is 15.0 Å². The van der Waals surface area contributed by atoms with Crippen molar-refractivity contribution >= 4 is 39.1 Å². The number of sulfonamides is 1. The van der Waals surface area contributed by atoms with Gasteiger partial charge in [0.15, 0.2) is 0 Å². The lowest BCUT2D eigenvalue weighted by Crippen LogP contribution is -2.53. The molecule has 0 aliphatic heterocycles. The third kappa shape index (κ3) is 8.41. The lowest BCUT2D eigenvalue weighted by molar-refractivity contribution is -0.140. The van der Waals surface area contributed by atoms with E-state index in [1.807, 2.05) is 0 Å². The number of carbonyl (C=O) groups is 2. The maximum atomic E-state index is 14.0. The summed E-state index contributed by atoms with van der Waals surface area (Å²) in [5, 5.41) is 2.15. The van der Waals surface area contributed by atoms with Crippen LogP contribution < -0.4 is 14.4 Å². The summed E-state index contributed by atoms with van der Waals surface area (Å²) in [6.07, 6.45) is -4.70. The first-order chi connectivity index (χ1) is 20.2. The zero-order chi connectivity index (χ0) is 31.9. The number of ether oxygens (including phenoxy) is 1. The van der Waals surface area contributed by atoms with Crippen molar-refractivity contribution in [3.8, 4) is 5.75 Å². The highest BCUT2D eigenvalue weighted by Gasteiger charge is 2.37. The average Bonchev–Trinajstić information content (AvgIpc) is 2.95. The van der Waals surface area contributed by atoms with E-state index in [4.69, 9.17) is 16.3 Å². The molecule has 0 bridgehead atoms. The average molecular weight is 640 g/mol. The third-order valence-corrected chi connectivity index (χ3v) is 8.60. The molecule has 0 aliphatic rings.